The molecule has 1 fully saturated rings. The number of nitrogens with one attached hydrogen (secondary N) is 2. The summed E-state index contributed by atoms with van der Waals surface area (Å²) < 4.78 is 5.64. The molecular formula is C18H35IN4O. The molecule has 1 aliphatic rings. The third-order valence-electron chi connectivity index (χ3n) is 4.19. The van der Waals surface area contributed by atoms with E-state index >= 15 is 0 Å². The van der Waals surface area contributed by atoms with E-state index in [2.05, 4.69) is 47.5 Å². The lowest BCUT2D eigenvalue weighted by Gasteiger charge is -2.33. The molecule has 1 rings (SSSR count). The number of rotatable bonds is 10. The Balaban J connectivity index is 0.00000529. The van der Waals surface area contributed by atoms with Crippen LogP contribution in [0.5, 0.6) is 0 Å². The normalized spacial score (nSPS) is 19.0. The van der Waals surface area contributed by atoms with Crippen molar-refractivity contribution in [1.82, 2.24) is 15.5 Å². The van der Waals surface area contributed by atoms with Gasteiger partial charge in [-0.3, -0.25) is 9.89 Å². The number of halogens is 1. The van der Waals surface area contributed by atoms with Gasteiger partial charge >= 0.3 is 0 Å². The van der Waals surface area contributed by atoms with Crippen molar-refractivity contribution in [3.63, 3.8) is 0 Å². The van der Waals surface area contributed by atoms with Crippen molar-refractivity contribution in [2.45, 2.75) is 38.8 Å². The van der Waals surface area contributed by atoms with Gasteiger partial charge in [-0.05, 0) is 18.8 Å². The second-order valence-corrected chi connectivity index (χ2v) is 6.31. The van der Waals surface area contributed by atoms with Crippen LogP contribution in [0.25, 0.3) is 0 Å². The van der Waals surface area contributed by atoms with Crippen LogP contribution in [-0.4, -0.2) is 62.8 Å². The van der Waals surface area contributed by atoms with E-state index < -0.39 is 0 Å². The largest absolute Gasteiger partial charge is 0.376 e. The van der Waals surface area contributed by atoms with Gasteiger partial charge < -0.3 is 15.4 Å². The first-order valence-electron chi connectivity index (χ1n) is 8.64. The van der Waals surface area contributed by atoms with Gasteiger partial charge in [-0.25, -0.2) is 0 Å². The summed E-state index contributed by atoms with van der Waals surface area (Å²) in [6.45, 7) is 16.5. The SMILES string of the molecule is C=CCN(CC=C)C(CNC(=NC)NCC1CCCO1)C(C)C.I. The van der Waals surface area contributed by atoms with Crippen molar-refractivity contribution in [2.75, 3.05) is 39.8 Å². The molecular weight excluding hydrogens is 415 g/mol. The van der Waals surface area contributed by atoms with E-state index in [-0.39, 0.29) is 24.0 Å². The molecule has 0 saturated carbocycles. The van der Waals surface area contributed by atoms with Crippen LogP contribution in [0.2, 0.25) is 0 Å². The van der Waals surface area contributed by atoms with Crippen LogP contribution in [0.4, 0.5) is 0 Å². The Morgan fingerprint density at radius 3 is 2.42 bits per heavy atom. The van der Waals surface area contributed by atoms with Crippen LogP contribution in [0.15, 0.2) is 30.3 Å². The summed E-state index contributed by atoms with van der Waals surface area (Å²) in [5.74, 6) is 1.36. The van der Waals surface area contributed by atoms with Crippen molar-refractivity contribution < 1.29 is 4.74 Å². The fourth-order valence-electron chi connectivity index (χ4n) is 2.90. The molecule has 140 valence electrons. The zero-order valence-corrected chi connectivity index (χ0v) is 17.8. The second-order valence-electron chi connectivity index (χ2n) is 6.31. The lowest BCUT2D eigenvalue weighted by Crippen LogP contribution is -2.50. The minimum atomic E-state index is 0. The molecule has 5 nitrogen and oxygen atoms in total. The Bertz CT molecular complexity index is 371. The quantitative estimate of drug-likeness (QED) is 0.233. The molecule has 6 heteroatoms. The van der Waals surface area contributed by atoms with E-state index in [0.29, 0.717) is 18.1 Å². The molecule has 0 amide bonds. The zero-order chi connectivity index (χ0) is 17.1. The highest BCUT2D eigenvalue weighted by atomic mass is 127. The molecule has 2 atom stereocenters. The zero-order valence-electron chi connectivity index (χ0n) is 15.5. The van der Waals surface area contributed by atoms with Gasteiger partial charge in [0.05, 0.1) is 6.10 Å². The van der Waals surface area contributed by atoms with Gasteiger partial charge in [0.15, 0.2) is 5.96 Å². The molecule has 24 heavy (non-hydrogen) atoms. The average molecular weight is 450 g/mol. The minimum Gasteiger partial charge on any atom is -0.376 e. The maximum absolute atomic E-state index is 5.64. The maximum Gasteiger partial charge on any atom is 0.191 e. The summed E-state index contributed by atoms with van der Waals surface area (Å²) in [6, 6.07) is 0.396. The van der Waals surface area contributed by atoms with Crippen LogP contribution in [-0.2, 0) is 4.74 Å². The lowest BCUT2D eigenvalue weighted by molar-refractivity contribution is 0.113. The highest BCUT2D eigenvalue weighted by Crippen LogP contribution is 2.11. The summed E-state index contributed by atoms with van der Waals surface area (Å²) in [6.07, 6.45) is 6.50. The van der Waals surface area contributed by atoms with Crippen molar-refractivity contribution in [1.29, 1.82) is 0 Å². The number of hydrogen-bond donors (Lipinski definition) is 2. The molecule has 0 spiro atoms. The molecule has 0 radical (unpaired) electrons. The standard InChI is InChI=1S/C18H34N4O.HI/c1-6-10-22(11-7-2)17(15(3)4)14-21-18(19-5)20-13-16-9-8-12-23-16;/h6-7,15-17H,1-2,8-14H2,3-5H3,(H2,19,20,21);1H. The topological polar surface area (TPSA) is 48.9 Å². The number of nitrogens with zero attached hydrogens (tertiary/aromatic N) is 2. The first kappa shape index (κ1) is 23.4. The van der Waals surface area contributed by atoms with Crippen LogP contribution in [0.3, 0.4) is 0 Å². The monoisotopic (exact) mass is 450 g/mol. The highest BCUT2D eigenvalue weighted by molar-refractivity contribution is 14.0. The van der Waals surface area contributed by atoms with Gasteiger partial charge in [-0.1, -0.05) is 26.0 Å². The Labute approximate surface area is 165 Å². The predicted octanol–water partition coefficient (Wildman–Crippen LogP) is 2.65. The first-order valence-corrected chi connectivity index (χ1v) is 8.64. The number of ether oxygens (including phenoxy) is 1. The van der Waals surface area contributed by atoms with Gasteiger partial charge in [0, 0.05) is 45.9 Å². The number of guanidine groups is 1. The Morgan fingerprint density at radius 2 is 1.96 bits per heavy atom. The fraction of sp³-hybridized carbons (Fsp3) is 0.722. The second kappa shape index (κ2) is 13.7. The Kier molecular flexibility index (Phi) is 13.3. The summed E-state index contributed by atoms with van der Waals surface area (Å²) in [4.78, 5) is 6.69. The van der Waals surface area contributed by atoms with Crippen molar-refractivity contribution in [3.8, 4) is 0 Å². The lowest BCUT2D eigenvalue weighted by atomic mass is 10.0. The number of hydrogen-bond acceptors (Lipinski definition) is 3. The van der Waals surface area contributed by atoms with Crippen LogP contribution in [0, 0.1) is 5.92 Å². The van der Waals surface area contributed by atoms with Gasteiger partial charge in [-0.15, -0.1) is 37.1 Å². The van der Waals surface area contributed by atoms with E-state index in [4.69, 9.17) is 4.74 Å². The van der Waals surface area contributed by atoms with Gasteiger partial charge in [0.1, 0.15) is 0 Å². The fourth-order valence-corrected chi connectivity index (χ4v) is 2.90. The molecule has 0 aromatic heterocycles. The van der Waals surface area contributed by atoms with E-state index in [1.807, 2.05) is 12.2 Å². The Morgan fingerprint density at radius 1 is 1.29 bits per heavy atom. The van der Waals surface area contributed by atoms with Crippen LogP contribution in [0.1, 0.15) is 26.7 Å². The highest BCUT2D eigenvalue weighted by Gasteiger charge is 2.21. The van der Waals surface area contributed by atoms with E-state index in [0.717, 1.165) is 51.6 Å². The molecule has 0 aromatic carbocycles. The predicted molar refractivity (Wildman–Crippen MR) is 114 cm³/mol. The molecule has 0 bridgehead atoms. The number of aliphatic imine (C=N–C) groups is 1. The molecule has 2 unspecified atom stereocenters. The smallest absolute Gasteiger partial charge is 0.191 e. The van der Waals surface area contributed by atoms with E-state index in [9.17, 15) is 0 Å². The maximum atomic E-state index is 5.64. The van der Waals surface area contributed by atoms with Crippen molar-refractivity contribution in [2.24, 2.45) is 10.9 Å². The molecule has 1 saturated heterocycles. The molecule has 2 N–H and O–H groups in total. The molecule has 0 aromatic rings. The summed E-state index contributed by atoms with van der Waals surface area (Å²) in [7, 11) is 1.81. The van der Waals surface area contributed by atoms with E-state index in [1.54, 1.807) is 7.05 Å². The van der Waals surface area contributed by atoms with Gasteiger partial charge in [0.2, 0.25) is 0 Å². The van der Waals surface area contributed by atoms with E-state index in [1.165, 1.54) is 0 Å². The Hall–Kier alpha value is -0.600. The molecule has 1 aliphatic heterocycles. The minimum absolute atomic E-state index is 0. The summed E-state index contributed by atoms with van der Waals surface area (Å²) in [5, 5.41) is 6.81. The third kappa shape index (κ3) is 8.48. The van der Waals surface area contributed by atoms with Crippen molar-refractivity contribution >= 4 is 29.9 Å². The van der Waals surface area contributed by atoms with Gasteiger partial charge in [-0.2, -0.15) is 0 Å². The van der Waals surface area contributed by atoms with Gasteiger partial charge in [0.25, 0.3) is 0 Å². The van der Waals surface area contributed by atoms with Crippen LogP contribution < -0.4 is 10.6 Å². The van der Waals surface area contributed by atoms with Crippen LogP contribution >= 0.6 is 24.0 Å². The third-order valence-corrected chi connectivity index (χ3v) is 4.19. The summed E-state index contributed by atoms with van der Waals surface area (Å²) in [5.41, 5.74) is 0. The molecule has 1 heterocycles. The first-order chi connectivity index (χ1) is 11.1. The summed E-state index contributed by atoms with van der Waals surface area (Å²) >= 11 is 0. The molecule has 0 aliphatic carbocycles. The van der Waals surface area contributed by atoms with Crippen molar-refractivity contribution in [3.05, 3.63) is 25.3 Å². The average Bonchev–Trinajstić information content (AvgIpc) is 3.04.